The van der Waals surface area contributed by atoms with Gasteiger partial charge in [-0.25, -0.2) is 0 Å². The standard InChI is InChI=1S/C8H17NO/c1-7(10)8-5-3-4-6-9(8)2/h7-8,10H,3-6H2,1-2H3/t7-,8-/m0/s1. The molecule has 0 unspecified atom stereocenters. The Hall–Kier alpha value is -0.0800. The van der Waals surface area contributed by atoms with Gasteiger partial charge in [-0.15, -0.1) is 0 Å². The summed E-state index contributed by atoms with van der Waals surface area (Å²) in [6, 6.07) is 0.411. The van der Waals surface area contributed by atoms with Crippen LogP contribution in [0.2, 0.25) is 0 Å². The highest BCUT2D eigenvalue weighted by atomic mass is 16.3. The van der Waals surface area contributed by atoms with E-state index >= 15 is 0 Å². The molecule has 1 saturated heterocycles. The van der Waals surface area contributed by atoms with E-state index in [2.05, 4.69) is 11.9 Å². The molecule has 0 radical (unpaired) electrons. The van der Waals surface area contributed by atoms with Crippen molar-refractivity contribution in [3.63, 3.8) is 0 Å². The number of aliphatic hydroxyl groups is 1. The average molecular weight is 143 g/mol. The van der Waals surface area contributed by atoms with Gasteiger partial charge in [0.2, 0.25) is 0 Å². The quantitative estimate of drug-likeness (QED) is 0.588. The van der Waals surface area contributed by atoms with Crippen molar-refractivity contribution in [2.75, 3.05) is 13.6 Å². The van der Waals surface area contributed by atoms with E-state index in [0.717, 1.165) is 13.0 Å². The lowest BCUT2D eigenvalue weighted by molar-refractivity contribution is 0.0529. The van der Waals surface area contributed by atoms with Crippen molar-refractivity contribution >= 4 is 0 Å². The van der Waals surface area contributed by atoms with E-state index in [1.54, 1.807) is 0 Å². The fourth-order valence-corrected chi connectivity index (χ4v) is 1.71. The van der Waals surface area contributed by atoms with Gasteiger partial charge in [0.15, 0.2) is 0 Å². The van der Waals surface area contributed by atoms with Crippen LogP contribution in [0.1, 0.15) is 26.2 Å². The van der Waals surface area contributed by atoms with Crippen molar-refractivity contribution in [3.8, 4) is 0 Å². The monoisotopic (exact) mass is 143 g/mol. The first-order chi connectivity index (χ1) is 4.72. The van der Waals surface area contributed by atoms with Crippen LogP contribution in [-0.2, 0) is 0 Å². The maximum atomic E-state index is 9.31. The Morgan fingerprint density at radius 1 is 1.50 bits per heavy atom. The van der Waals surface area contributed by atoms with Crippen molar-refractivity contribution in [1.29, 1.82) is 0 Å². The van der Waals surface area contributed by atoms with E-state index in [1.165, 1.54) is 12.8 Å². The Morgan fingerprint density at radius 3 is 2.60 bits per heavy atom. The summed E-state index contributed by atoms with van der Waals surface area (Å²) in [4.78, 5) is 2.26. The Balaban J connectivity index is 2.40. The van der Waals surface area contributed by atoms with Crippen LogP contribution in [0.25, 0.3) is 0 Å². The molecule has 2 heteroatoms. The maximum Gasteiger partial charge on any atom is 0.0667 e. The third-order valence-corrected chi connectivity index (χ3v) is 2.38. The number of aliphatic hydroxyl groups excluding tert-OH is 1. The van der Waals surface area contributed by atoms with E-state index < -0.39 is 0 Å². The minimum absolute atomic E-state index is 0.162. The molecule has 1 aliphatic rings. The van der Waals surface area contributed by atoms with Crippen molar-refractivity contribution in [2.24, 2.45) is 0 Å². The van der Waals surface area contributed by atoms with Crippen molar-refractivity contribution in [1.82, 2.24) is 4.90 Å². The minimum atomic E-state index is -0.162. The normalized spacial score (nSPS) is 32.1. The second-order valence-electron chi connectivity index (χ2n) is 3.28. The molecule has 0 bridgehead atoms. The van der Waals surface area contributed by atoms with Gasteiger partial charge in [0, 0.05) is 6.04 Å². The number of hydrogen-bond donors (Lipinski definition) is 1. The van der Waals surface area contributed by atoms with Crippen LogP contribution in [0.5, 0.6) is 0 Å². The lowest BCUT2D eigenvalue weighted by Crippen LogP contribution is -2.43. The Kier molecular flexibility index (Phi) is 2.69. The van der Waals surface area contributed by atoms with Gasteiger partial charge in [-0.1, -0.05) is 6.42 Å². The largest absolute Gasteiger partial charge is 0.392 e. The maximum absolute atomic E-state index is 9.31. The lowest BCUT2D eigenvalue weighted by atomic mass is 9.99. The zero-order valence-corrected chi connectivity index (χ0v) is 6.88. The first-order valence-corrected chi connectivity index (χ1v) is 4.10. The van der Waals surface area contributed by atoms with Gasteiger partial charge in [0.25, 0.3) is 0 Å². The topological polar surface area (TPSA) is 23.5 Å². The molecule has 0 aromatic rings. The lowest BCUT2D eigenvalue weighted by Gasteiger charge is -2.34. The molecular weight excluding hydrogens is 126 g/mol. The molecular formula is C8H17NO. The molecule has 0 aromatic heterocycles. The number of piperidine rings is 1. The molecule has 0 spiro atoms. The molecule has 2 atom stereocenters. The van der Waals surface area contributed by atoms with Gasteiger partial charge in [-0.3, -0.25) is 0 Å². The summed E-state index contributed by atoms with van der Waals surface area (Å²) in [6.07, 6.45) is 3.57. The van der Waals surface area contributed by atoms with E-state index in [0.29, 0.717) is 6.04 Å². The number of rotatable bonds is 1. The molecule has 1 N–H and O–H groups in total. The predicted octanol–water partition coefficient (Wildman–Crippen LogP) is 0.851. The SMILES string of the molecule is C[C@H](O)[C@@H]1CCCCN1C. The summed E-state index contributed by atoms with van der Waals surface area (Å²) in [6.45, 7) is 3.03. The minimum Gasteiger partial charge on any atom is -0.392 e. The summed E-state index contributed by atoms with van der Waals surface area (Å²) in [7, 11) is 2.09. The molecule has 10 heavy (non-hydrogen) atoms. The van der Waals surface area contributed by atoms with Crippen LogP contribution >= 0.6 is 0 Å². The number of likely N-dealkylation sites (N-methyl/N-ethyl adjacent to an activating group) is 1. The number of hydrogen-bond acceptors (Lipinski definition) is 2. The Labute approximate surface area is 62.8 Å². The molecule has 0 amide bonds. The predicted molar refractivity (Wildman–Crippen MR) is 41.9 cm³/mol. The molecule has 1 rings (SSSR count). The van der Waals surface area contributed by atoms with Crippen molar-refractivity contribution < 1.29 is 5.11 Å². The smallest absolute Gasteiger partial charge is 0.0667 e. The first-order valence-electron chi connectivity index (χ1n) is 4.10. The zero-order chi connectivity index (χ0) is 7.56. The molecule has 1 fully saturated rings. The fraction of sp³-hybridized carbons (Fsp3) is 1.00. The second-order valence-corrected chi connectivity index (χ2v) is 3.28. The van der Waals surface area contributed by atoms with E-state index in [-0.39, 0.29) is 6.10 Å². The van der Waals surface area contributed by atoms with Gasteiger partial charge >= 0.3 is 0 Å². The summed E-state index contributed by atoms with van der Waals surface area (Å²) >= 11 is 0. The highest BCUT2D eigenvalue weighted by Gasteiger charge is 2.22. The molecule has 1 aliphatic heterocycles. The van der Waals surface area contributed by atoms with Gasteiger partial charge in [-0.05, 0) is 33.4 Å². The zero-order valence-electron chi connectivity index (χ0n) is 6.88. The second kappa shape index (κ2) is 3.35. The van der Waals surface area contributed by atoms with Crippen LogP contribution in [0.3, 0.4) is 0 Å². The average Bonchev–Trinajstić information content (AvgIpc) is 1.88. The van der Waals surface area contributed by atoms with Gasteiger partial charge < -0.3 is 10.0 Å². The Morgan fingerprint density at radius 2 is 2.20 bits per heavy atom. The van der Waals surface area contributed by atoms with Crippen LogP contribution in [-0.4, -0.2) is 35.7 Å². The van der Waals surface area contributed by atoms with Crippen LogP contribution in [0.4, 0.5) is 0 Å². The highest BCUT2D eigenvalue weighted by Crippen LogP contribution is 2.17. The van der Waals surface area contributed by atoms with Gasteiger partial charge in [0.1, 0.15) is 0 Å². The fourth-order valence-electron chi connectivity index (χ4n) is 1.71. The van der Waals surface area contributed by atoms with Crippen molar-refractivity contribution in [2.45, 2.75) is 38.3 Å². The van der Waals surface area contributed by atoms with Crippen LogP contribution < -0.4 is 0 Å². The van der Waals surface area contributed by atoms with Crippen LogP contribution in [0, 0.1) is 0 Å². The summed E-state index contributed by atoms with van der Waals surface area (Å²) < 4.78 is 0. The summed E-state index contributed by atoms with van der Waals surface area (Å²) in [5.41, 5.74) is 0. The third-order valence-electron chi connectivity index (χ3n) is 2.38. The van der Waals surface area contributed by atoms with E-state index in [9.17, 15) is 5.11 Å². The van der Waals surface area contributed by atoms with Crippen LogP contribution in [0.15, 0.2) is 0 Å². The molecule has 0 saturated carbocycles. The van der Waals surface area contributed by atoms with Crippen molar-refractivity contribution in [3.05, 3.63) is 0 Å². The number of likely N-dealkylation sites (tertiary alicyclic amines) is 1. The van der Waals surface area contributed by atoms with E-state index in [1.807, 2.05) is 6.92 Å². The number of nitrogens with zero attached hydrogens (tertiary/aromatic N) is 1. The Bertz CT molecular complexity index is 103. The van der Waals surface area contributed by atoms with Gasteiger partial charge in [0.05, 0.1) is 6.10 Å². The molecule has 2 nitrogen and oxygen atoms in total. The molecule has 1 heterocycles. The molecule has 0 aliphatic carbocycles. The molecule has 0 aromatic carbocycles. The highest BCUT2D eigenvalue weighted by molar-refractivity contribution is 4.77. The van der Waals surface area contributed by atoms with E-state index in [4.69, 9.17) is 0 Å². The van der Waals surface area contributed by atoms with Gasteiger partial charge in [-0.2, -0.15) is 0 Å². The summed E-state index contributed by atoms with van der Waals surface area (Å²) in [5, 5.41) is 9.31. The third kappa shape index (κ3) is 1.70. The first kappa shape index (κ1) is 8.02. The molecule has 60 valence electrons. The summed E-state index contributed by atoms with van der Waals surface area (Å²) in [5.74, 6) is 0.